The van der Waals surface area contributed by atoms with Gasteiger partial charge >= 0.3 is 0 Å². The van der Waals surface area contributed by atoms with Gasteiger partial charge in [0.15, 0.2) is 0 Å². The summed E-state index contributed by atoms with van der Waals surface area (Å²) in [6.45, 7) is 0. The highest BCUT2D eigenvalue weighted by Crippen LogP contribution is 2.45. The molecule has 0 aliphatic heterocycles. The molecule has 0 bridgehead atoms. The Bertz CT molecular complexity index is 809. The minimum atomic E-state index is 0.0751. The van der Waals surface area contributed by atoms with E-state index >= 15 is 0 Å². The van der Waals surface area contributed by atoms with Crippen LogP contribution in [0.3, 0.4) is 0 Å². The van der Waals surface area contributed by atoms with Crippen molar-refractivity contribution in [3.05, 3.63) is 58.1 Å². The molecular weight excluding hydrogens is 414 g/mol. The Morgan fingerprint density at radius 1 is 1.04 bits per heavy atom. The predicted octanol–water partition coefficient (Wildman–Crippen LogP) is 6.05. The van der Waals surface area contributed by atoms with Gasteiger partial charge in [0, 0.05) is 18.0 Å². The number of benzene rings is 2. The maximum atomic E-state index is 6.68. The lowest BCUT2D eigenvalue weighted by Gasteiger charge is -2.39. The van der Waals surface area contributed by atoms with Gasteiger partial charge in [-0.15, -0.1) is 0 Å². The van der Waals surface area contributed by atoms with Gasteiger partial charge in [0.25, 0.3) is 0 Å². The van der Waals surface area contributed by atoms with Crippen LogP contribution in [0.1, 0.15) is 55.8 Å². The maximum Gasteiger partial charge on any atom is 0.136 e. The van der Waals surface area contributed by atoms with E-state index in [1.165, 1.54) is 36.8 Å². The molecule has 2 aromatic rings. The Morgan fingerprint density at radius 3 is 2.71 bits per heavy atom. The van der Waals surface area contributed by atoms with Crippen molar-refractivity contribution in [3.8, 4) is 11.5 Å². The average molecular weight is 444 g/mol. The highest BCUT2D eigenvalue weighted by atomic mass is 79.9. The summed E-state index contributed by atoms with van der Waals surface area (Å²) >= 11 is 3.54. The molecule has 4 unspecified atom stereocenters. The van der Waals surface area contributed by atoms with Crippen molar-refractivity contribution in [2.24, 2.45) is 17.6 Å². The van der Waals surface area contributed by atoms with Crippen molar-refractivity contribution >= 4 is 15.9 Å². The first kappa shape index (κ1) is 19.8. The Balaban J connectivity index is 1.66. The number of aryl methyl sites for hydroxylation is 1. The van der Waals surface area contributed by atoms with Crippen molar-refractivity contribution in [2.75, 3.05) is 7.11 Å². The molecule has 4 atom stereocenters. The molecule has 28 heavy (non-hydrogen) atoms. The SMILES string of the molecule is COc1cc(OC2c3ccccc3CCC2C2CCCCC(N)C2)ccc1Br. The van der Waals surface area contributed by atoms with Crippen LogP contribution in [-0.2, 0) is 6.42 Å². The van der Waals surface area contributed by atoms with Crippen LogP contribution in [-0.4, -0.2) is 13.2 Å². The summed E-state index contributed by atoms with van der Waals surface area (Å²) in [5, 5.41) is 0. The molecule has 2 N–H and O–H groups in total. The summed E-state index contributed by atoms with van der Waals surface area (Å²) < 4.78 is 13.1. The van der Waals surface area contributed by atoms with Crippen LogP contribution >= 0.6 is 15.9 Å². The number of nitrogens with two attached hydrogens (primary N) is 1. The van der Waals surface area contributed by atoms with Gasteiger partial charge in [0.1, 0.15) is 17.6 Å². The molecule has 150 valence electrons. The van der Waals surface area contributed by atoms with E-state index in [-0.39, 0.29) is 6.10 Å². The second-order valence-electron chi connectivity index (χ2n) is 8.28. The number of rotatable bonds is 4. The summed E-state index contributed by atoms with van der Waals surface area (Å²) in [6, 6.07) is 15.1. The third kappa shape index (κ3) is 4.23. The largest absolute Gasteiger partial charge is 0.495 e. The van der Waals surface area contributed by atoms with Crippen molar-refractivity contribution in [3.63, 3.8) is 0 Å². The monoisotopic (exact) mass is 443 g/mol. The van der Waals surface area contributed by atoms with Crippen molar-refractivity contribution in [2.45, 2.75) is 57.1 Å². The topological polar surface area (TPSA) is 44.5 Å². The lowest BCUT2D eigenvalue weighted by atomic mass is 9.72. The van der Waals surface area contributed by atoms with Crippen LogP contribution in [0.15, 0.2) is 46.9 Å². The van der Waals surface area contributed by atoms with Gasteiger partial charge in [-0.2, -0.15) is 0 Å². The van der Waals surface area contributed by atoms with Gasteiger partial charge in [-0.25, -0.2) is 0 Å². The van der Waals surface area contributed by atoms with Crippen LogP contribution in [0.4, 0.5) is 0 Å². The van der Waals surface area contributed by atoms with Gasteiger partial charge in [-0.3, -0.25) is 0 Å². The van der Waals surface area contributed by atoms with Crippen LogP contribution in [0.25, 0.3) is 0 Å². The number of ether oxygens (including phenoxy) is 2. The molecular formula is C24H30BrNO2. The molecule has 1 fully saturated rings. The van der Waals surface area contributed by atoms with Gasteiger partial charge in [0.2, 0.25) is 0 Å². The first-order valence-corrected chi connectivity index (χ1v) is 11.3. The zero-order valence-corrected chi connectivity index (χ0v) is 18.2. The van der Waals surface area contributed by atoms with Gasteiger partial charge in [0.05, 0.1) is 11.6 Å². The van der Waals surface area contributed by atoms with E-state index in [9.17, 15) is 0 Å². The maximum absolute atomic E-state index is 6.68. The first-order valence-electron chi connectivity index (χ1n) is 10.5. The number of methoxy groups -OCH3 is 1. The second-order valence-corrected chi connectivity index (χ2v) is 9.13. The molecule has 0 amide bonds. The van der Waals surface area contributed by atoms with E-state index < -0.39 is 0 Å². The molecule has 0 spiro atoms. The Kier molecular flexibility index (Phi) is 6.27. The molecule has 2 aromatic carbocycles. The highest BCUT2D eigenvalue weighted by molar-refractivity contribution is 9.10. The van der Waals surface area contributed by atoms with Gasteiger partial charge < -0.3 is 15.2 Å². The Hall–Kier alpha value is -1.52. The van der Waals surface area contributed by atoms with Gasteiger partial charge in [-0.1, -0.05) is 37.1 Å². The van der Waals surface area contributed by atoms with Crippen LogP contribution in [0.5, 0.6) is 11.5 Å². The zero-order valence-electron chi connectivity index (χ0n) is 16.6. The third-order valence-electron chi connectivity index (χ3n) is 6.49. The molecule has 0 aromatic heterocycles. The number of fused-ring (bicyclic) bond motifs is 1. The van der Waals surface area contributed by atoms with E-state index in [1.807, 2.05) is 18.2 Å². The summed E-state index contributed by atoms with van der Waals surface area (Å²) in [5.41, 5.74) is 9.18. The molecule has 4 rings (SSSR count). The fraction of sp³-hybridized carbons (Fsp3) is 0.500. The number of hydrogen-bond donors (Lipinski definition) is 1. The molecule has 4 heteroatoms. The van der Waals surface area contributed by atoms with Crippen LogP contribution in [0, 0.1) is 11.8 Å². The average Bonchev–Trinajstić information content (AvgIpc) is 2.94. The fourth-order valence-electron chi connectivity index (χ4n) is 5.06. The minimum absolute atomic E-state index is 0.0751. The van der Waals surface area contributed by atoms with E-state index in [0.717, 1.165) is 35.2 Å². The number of halogens is 1. The van der Waals surface area contributed by atoms with Crippen molar-refractivity contribution in [1.82, 2.24) is 0 Å². The molecule has 1 saturated carbocycles. The van der Waals surface area contributed by atoms with Crippen LogP contribution < -0.4 is 15.2 Å². The first-order chi connectivity index (χ1) is 13.7. The molecule has 2 aliphatic rings. The normalized spacial score (nSPS) is 27.5. The highest BCUT2D eigenvalue weighted by Gasteiger charge is 2.37. The smallest absolute Gasteiger partial charge is 0.136 e. The van der Waals surface area contributed by atoms with E-state index in [4.69, 9.17) is 15.2 Å². The van der Waals surface area contributed by atoms with Crippen molar-refractivity contribution < 1.29 is 9.47 Å². The number of hydrogen-bond acceptors (Lipinski definition) is 3. The summed E-state index contributed by atoms with van der Waals surface area (Å²) in [4.78, 5) is 0. The summed E-state index contributed by atoms with van der Waals surface area (Å²) in [6.07, 6.45) is 8.48. The lowest BCUT2D eigenvalue weighted by molar-refractivity contribution is 0.0707. The fourth-order valence-corrected chi connectivity index (χ4v) is 5.47. The molecule has 2 aliphatic carbocycles. The molecule has 3 nitrogen and oxygen atoms in total. The summed E-state index contributed by atoms with van der Waals surface area (Å²) in [5.74, 6) is 2.81. The lowest BCUT2D eigenvalue weighted by Crippen LogP contribution is -2.33. The van der Waals surface area contributed by atoms with E-state index in [1.54, 1.807) is 7.11 Å². The predicted molar refractivity (Wildman–Crippen MR) is 117 cm³/mol. The van der Waals surface area contributed by atoms with E-state index in [0.29, 0.717) is 17.9 Å². The summed E-state index contributed by atoms with van der Waals surface area (Å²) in [7, 11) is 1.69. The Morgan fingerprint density at radius 2 is 1.86 bits per heavy atom. The minimum Gasteiger partial charge on any atom is -0.495 e. The second kappa shape index (κ2) is 8.87. The molecule has 0 saturated heterocycles. The Labute approximate surface area is 176 Å². The third-order valence-corrected chi connectivity index (χ3v) is 7.15. The quantitative estimate of drug-likeness (QED) is 0.584. The standard InChI is InChI=1S/C24H30BrNO2/c1-27-23-15-19(11-13-22(23)25)28-24-20-9-5-3-6-16(20)10-12-21(24)17-7-2-4-8-18(26)14-17/h3,5-6,9,11,13,15,17-18,21,24H,2,4,7-8,10,12,14,26H2,1H3. The molecule has 0 heterocycles. The molecule has 0 radical (unpaired) electrons. The zero-order chi connectivity index (χ0) is 19.5. The van der Waals surface area contributed by atoms with Crippen LogP contribution in [0.2, 0.25) is 0 Å². The van der Waals surface area contributed by atoms with Gasteiger partial charge in [-0.05, 0) is 77.2 Å². The van der Waals surface area contributed by atoms with E-state index in [2.05, 4.69) is 40.2 Å². The van der Waals surface area contributed by atoms with Crippen molar-refractivity contribution in [1.29, 1.82) is 0 Å².